The van der Waals surface area contributed by atoms with Gasteiger partial charge in [0, 0.05) is 26.1 Å². The Balaban J connectivity index is 2.50. The standard InChI is InChI=1S/C12H13F3N2O4S/c1-21-6-2-10(12(16)18)17(5-6)22(19,20)11-4-8(14)7(13)3-9(11)15/h3-4,6,10H,2,5H2,1H3,(H2,16,18)/t6-,10-/m0/s1. The van der Waals surface area contributed by atoms with Crippen molar-refractivity contribution in [3.05, 3.63) is 29.6 Å². The van der Waals surface area contributed by atoms with E-state index in [-0.39, 0.29) is 25.1 Å². The van der Waals surface area contributed by atoms with Gasteiger partial charge < -0.3 is 10.5 Å². The molecule has 10 heteroatoms. The van der Waals surface area contributed by atoms with Crippen LogP contribution in [0.5, 0.6) is 0 Å². The van der Waals surface area contributed by atoms with Crippen molar-refractivity contribution in [2.45, 2.75) is 23.5 Å². The molecule has 2 rings (SSSR count). The molecule has 1 aromatic carbocycles. The third-order valence-corrected chi connectivity index (χ3v) is 5.33. The van der Waals surface area contributed by atoms with Crippen LogP contribution < -0.4 is 5.73 Å². The molecule has 1 saturated heterocycles. The number of nitrogens with two attached hydrogens (primary N) is 1. The number of carbonyl (C=O) groups excluding carboxylic acids is 1. The monoisotopic (exact) mass is 338 g/mol. The highest BCUT2D eigenvalue weighted by Gasteiger charge is 2.44. The van der Waals surface area contributed by atoms with E-state index in [9.17, 15) is 26.4 Å². The quantitative estimate of drug-likeness (QED) is 0.803. The first-order valence-electron chi connectivity index (χ1n) is 6.17. The molecular weight excluding hydrogens is 325 g/mol. The van der Waals surface area contributed by atoms with E-state index in [0.29, 0.717) is 4.31 Å². The fourth-order valence-electron chi connectivity index (χ4n) is 2.29. The van der Waals surface area contributed by atoms with Gasteiger partial charge in [0.05, 0.1) is 6.10 Å². The van der Waals surface area contributed by atoms with Gasteiger partial charge in [0.25, 0.3) is 0 Å². The highest BCUT2D eigenvalue weighted by Crippen LogP contribution is 2.29. The Hall–Kier alpha value is -1.65. The number of ether oxygens (including phenoxy) is 1. The van der Waals surface area contributed by atoms with Crippen LogP contribution in [0.4, 0.5) is 13.2 Å². The normalized spacial score (nSPS) is 22.9. The molecule has 2 N–H and O–H groups in total. The van der Waals surface area contributed by atoms with Crippen molar-refractivity contribution in [2.24, 2.45) is 5.73 Å². The average molecular weight is 338 g/mol. The first-order chi connectivity index (χ1) is 10.2. The molecule has 0 spiro atoms. The maximum Gasteiger partial charge on any atom is 0.246 e. The van der Waals surface area contributed by atoms with Crippen molar-refractivity contribution in [1.82, 2.24) is 4.31 Å². The summed E-state index contributed by atoms with van der Waals surface area (Å²) in [4.78, 5) is 10.3. The number of amides is 1. The van der Waals surface area contributed by atoms with Crippen LogP contribution >= 0.6 is 0 Å². The summed E-state index contributed by atoms with van der Waals surface area (Å²) >= 11 is 0. The van der Waals surface area contributed by atoms with Crippen LogP contribution in [-0.4, -0.2) is 44.4 Å². The highest BCUT2D eigenvalue weighted by atomic mass is 32.2. The fraction of sp³-hybridized carbons (Fsp3) is 0.417. The van der Waals surface area contributed by atoms with Gasteiger partial charge in [0.1, 0.15) is 16.8 Å². The summed E-state index contributed by atoms with van der Waals surface area (Å²) in [6.07, 6.45) is -0.614. The number of methoxy groups -OCH3 is 1. The third kappa shape index (κ3) is 2.81. The van der Waals surface area contributed by atoms with Crippen LogP contribution in [0.1, 0.15) is 6.42 Å². The van der Waals surface area contributed by atoms with Crippen LogP contribution in [-0.2, 0) is 19.6 Å². The summed E-state index contributed by atoms with van der Waals surface area (Å²) in [7, 11) is -3.26. The van der Waals surface area contributed by atoms with Crippen molar-refractivity contribution in [3.63, 3.8) is 0 Å². The van der Waals surface area contributed by atoms with Gasteiger partial charge in [-0.25, -0.2) is 21.6 Å². The minimum Gasteiger partial charge on any atom is -0.380 e. The summed E-state index contributed by atoms with van der Waals surface area (Å²) in [5, 5.41) is 0. The van der Waals surface area contributed by atoms with Crippen LogP contribution in [0.2, 0.25) is 0 Å². The molecule has 0 saturated carbocycles. The predicted octanol–water partition coefficient (Wildman–Crippen LogP) is 0.367. The Bertz CT molecular complexity index is 711. The van der Waals surface area contributed by atoms with E-state index in [1.165, 1.54) is 7.11 Å². The maximum absolute atomic E-state index is 13.7. The SMILES string of the molecule is CO[C@H]1C[C@@H](C(N)=O)N(S(=O)(=O)c2cc(F)c(F)cc2F)C1. The van der Waals surface area contributed by atoms with E-state index >= 15 is 0 Å². The van der Waals surface area contributed by atoms with E-state index in [0.717, 1.165) is 0 Å². The molecular formula is C12H13F3N2O4S. The van der Waals surface area contributed by atoms with Gasteiger partial charge in [-0.15, -0.1) is 0 Å². The fourth-order valence-corrected chi connectivity index (χ4v) is 3.99. The number of hydrogen-bond donors (Lipinski definition) is 1. The first-order valence-corrected chi connectivity index (χ1v) is 7.61. The number of halogens is 3. The zero-order valence-electron chi connectivity index (χ0n) is 11.4. The highest BCUT2D eigenvalue weighted by molar-refractivity contribution is 7.89. The smallest absolute Gasteiger partial charge is 0.246 e. The lowest BCUT2D eigenvalue weighted by atomic mass is 10.2. The Morgan fingerprint density at radius 1 is 1.27 bits per heavy atom. The molecule has 1 aromatic rings. The summed E-state index contributed by atoms with van der Waals surface area (Å²) in [5.41, 5.74) is 5.14. The molecule has 122 valence electrons. The number of rotatable bonds is 4. The summed E-state index contributed by atoms with van der Waals surface area (Å²) in [5.74, 6) is -5.42. The molecule has 2 atom stereocenters. The van der Waals surface area contributed by atoms with Crippen LogP contribution in [0.25, 0.3) is 0 Å². The first kappa shape index (κ1) is 16.7. The molecule has 1 aliphatic heterocycles. The molecule has 6 nitrogen and oxygen atoms in total. The van der Waals surface area contributed by atoms with Crippen molar-refractivity contribution >= 4 is 15.9 Å². The second-order valence-corrected chi connectivity index (χ2v) is 6.64. The van der Waals surface area contributed by atoms with Crippen LogP contribution in [0, 0.1) is 17.5 Å². The predicted molar refractivity (Wildman–Crippen MR) is 68.6 cm³/mol. The van der Waals surface area contributed by atoms with Gasteiger partial charge in [-0.1, -0.05) is 0 Å². The van der Waals surface area contributed by atoms with E-state index in [4.69, 9.17) is 10.5 Å². The lowest BCUT2D eigenvalue weighted by molar-refractivity contribution is -0.121. The van der Waals surface area contributed by atoms with Gasteiger partial charge in [0.2, 0.25) is 15.9 Å². The van der Waals surface area contributed by atoms with Gasteiger partial charge in [-0.2, -0.15) is 4.31 Å². The van der Waals surface area contributed by atoms with E-state index in [1.54, 1.807) is 0 Å². The molecule has 0 bridgehead atoms. The Labute approximate surface area is 124 Å². The number of carbonyl (C=O) groups is 1. The summed E-state index contributed by atoms with van der Waals surface area (Å²) in [6.45, 7) is -0.245. The molecule has 0 radical (unpaired) electrons. The number of hydrogen-bond acceptors (Lipinski definition) is 4. The zero-order valence-corrected chi connectivity index (χ0v) is 12.2. The average Bonchev–Trinajstić information content (AvgIpc) is 2.88. The zero-order chi connectivity index (χ0) is 16.7. The number of primary amides is 1. The van der Waals surface area contributed by atoms with Gasteiger partial charge >= 0.3 is 0 Å². The number of sulfonamides is 1. The van der Waals surface area contributed by atoms with Crippen molar-refractivity contribution < 1.29 is 31.1 Å². The van der Waals surface area contributed by atoms with E-state index in [1.807, 2.05) is 0 Å². The Morgan fingerprint density at radius 2 is 1.86 bits per heavy atom. The lowest BCUT2D eigenvalue weighted by Crippen LogP contribution is -2.43. The van der Waals surface area contributed by atoms with Crippen molar-refractivity contribution in [3.8, 4) is 0 Å². The molecule has 1 aliphatic rings. The van der Waals surface area contributed by atoms with Crippen molar-refractivity contribution in [1.29, 1.82) is 0 Å². The molecule has 1 fully saturated rings. The molecule has 0 aromatic heterocycles. The molecule has 0 aliphatic carbocycles. The van der Waals surface area contributed by atoms with Crippen LogP contribution in [0.15, 0.2) is 17.0 Å². The second kappa shape index (κ2) is 5.86. The van der Waals surface area contributed by atoms with Gasteiger partial charge in [-0.05, 0) is 6.07 Å². The maximum atomic E-state index is 13.7. The minimum absolute atomic E-state index is 0.00361. The second-order valence-electron chi connectivity index (χ2n) is 4.78. The Morgan fingerprint density at radius 3 is 2.41 bits per heavy atom. The van der Waals surface area contributed by atoms with Gasteiger partial charge in [-0.3, -0.25) is 4.79 Å². The lowest BCUT2D eigenvalue weighted by Gasteiger charge is -2.21. The number of benzene rings is 1. The molecule has 1 amide bonds. The minimum atomic E-state index is -4.57. The largest absolute Gasteiger partial charge is 0.380 e. The summed E-state index contributed by atoms with van der Waals surface area (Å²) < 4.78 is 70.4. The van der Waals surface area contributed by atoms with Crippen molar-refractivity contribution in [2.75, 3.05) is 13.7 Å². The summed E-state index contributed by atoms with van der Waals surface area (Å²) in [6, 6.07) is -0.883. The topological polar surface area (TPSA) is 89.7 Å². The van der Waals surface area contributed by atoms with E-state index < -0.39 is 50.4 Å². The third-order valence-electron chi connectivity index (χ3n) is 3.44. The molecule has 1 heterocycles. The molecule has 0 unspecified atom stereocenters. The number of nitrogens with zero attached hydrogens (tertiary/aromatic N) is 1. The van der Waals surface area contributed by atoms with E-state index in [2.05, 4.69) is 0 Å². The van der Waals surface area contributed by atoms with Crippen LogP contribution in [0.3, 0.4) is 0 Å². The Kier molecular flexibility index (Phi) is 4.45. The van der Waals surface area contributed by atoms with Gasteiger partial charge in [0.15, 0.2) is 11.6 Å². The molecule has 22 heavy (non-hydrogen) atoms.